The van der Waals surface area contributed by atoms with E-state index in [9.17, 15) is 4.79 Å². The Bertz CT molecular complexity index is 298. The molecule has 96 valence electrons. The highest BCUT2D eigenvalue weighted by Gasteiger charge is 2.25. The molecule has 2 unspecified atom stereocenters. The molecule has 0 aromatic heterocycles. The summed E-state index contributed by atoms with van der Waals surface area (Å²) in [6.45, 7) is 6.51. The normalized spacial score (nSPS) is 25.3. The Morgan fingerprint density at radius 3 is 2.82 bits per heavy atom. The van der Waals surface area contributed by atoms with Crippen molar-refractivity contribution in [3.63, 3.8) is 0 Å². The Kier molecular flexibility index (Phi) is 5.43. The van der Waals surface area contributed by atoms with Gasteiger partial charge in [0.15, 0.2) is 0 Å². The molecule has 4 nitrogen and oxygen atoms in total. The number of carbonyl (C=O) groups excluding carboxylic acids is 1. The van der Waals surface area contributed by atoms with Gasteiger partial charge in [-0.3, -0.25) is 9.69 Å². The molecule has 2 atom stereocenters. The molecular formula is C13H23N3O. The van der Waals surface area contributed by atoms with Crippen molar-refractivity contribution < 1.29 is 4.79 Å². The van der Waals surface area contributed by atoms with Crippen molar-refractivity contribution in [2.75, 3.05) is 26.7 Å². The molecule has 0 bridgehead atoms. The molecule has 0 spiro atoms. The van der Waals surface area contributed by atoms with Crippen LogP contribution >= 0.6 is 0 Å². The first-order chi connectivity index (χ1) is 8.04. The van der Waals surface area contributed by atoms with Crippen molar-refractivity contribution in [1.29, 1.82) is 5.26 Å². The first kappa shape index (κ1) is 14.0. The minimum Gasteiger partial charge on any atom is -0.344 e. The van der Waals surface area contributed by atoms with Crippen molar-refractivity contribution in [3.8, 4) is 6.07 Å². The average molecular weight is 237 g/mol. The lowest BCUT2D eigenvalue weighted by Gasteiger charge is -2.36. The number of nitriles is 1. The van der Waals surface area contributed by atoms with Gasteiger partial charge in [0, 0.05) is 19.6 Å². The third kappa shape index (κ3) is 4.35. The zero-order chi connectivity index (χ0) is 12.8. The number of likely N-dealkylation sites (tertiary alicyclic amines) is 1. The maximum atomic E-state index is 11.9. The quantitative estimate of drug-likeness (QED) is 0.744. The van der Waals surface area contributed by atoms with Gasteiger partial charge in [-0.25, -0.2) is 0 Å². The maximum absolute atomic E-state index is 11.9. The van der Waals surface area contributed by atoms with Crippen LogP contribution in [-0.4, -0.2) is 48.4 Å². The van der Waals surface area contributed by atoms with E-state index < -0.39 is 0 Å². The molecule has 0 aliphatic carbocycles. The van der Waals surface area contributed by atoms with E-state index >= 15 is 0 Å². The summed E-state index contributed by atoms with van der Waals surface area (Å²) in [5, 5.41) is 8.49. The second-order valence-electron chi connectivity index (χ2n) is 5.17. The largest absolute Gasteiger partial charge is 0.344 e. The fraction of sp³-hybridized carbons (Fsp3) is 0.846. The predicted molar refractivity (Wildman–Crippen MR) is 67.3 cm³/mol. The minimum atomic E-state index is 0.127. The molecule has 0 aromatic carbocycles. The van der Waals surface area contributed by atoms with E-state index in [-0.39, 0.29) is 5.91 Å². The van der Waals surface area contributed by atoms with Crippen molar-refractivity contribution in [2.24, 2.45) is 5.92 Å². The third-order valence-electron chi connectivity index (χ3n) is 3.60. The topological polar surface area (TPSA) is 47.3 Å². The lowest BCUT2D eigenvalue weighted by atomic mass is 9.93. The van der Waals surface area contributed by atoms with Crippen LogP contribution in [0.15, 0.2) is 0 Å². The molecule has 1 aliphatic rings. The second kappa shape index (κ2) is 6.61. The summed E-state index contributed by atoms with van der Waals surface area (Å²) in [5.74, 6) is 0.898. The summed E-state index contributed by atoms with van der Waals surface area (Å²) in [6, 6.07) is 2.56. The van der Waals surface area contributed by atoms with Crippen LogP contribution in [0.5, 0.6) is 0 Å². The molecule has 1 saturated heterocycles. The van der Waals surface area contributed by atoms with Gasteiger partial charge in [0.2, 0.25) is 5.91 Å². The number of rotatable bonds is 4. The lowest BCUT2D eigenvalue weighted by Crippen LogP contribution is -2.46. The molecule has 0 aromatic rings. The summed E-state index contributed by atoms with van der Waals surface area (Å²) in [4.78, 5) is 15.8. The Morgan fingerprint density at radius 1 is 1.53 bits per heavy atom. The number of amides is 1. The van der Waals surface area contributed by atoms with Gasteiger partial charge >= 0.3 is 0 Å². The third-order valence-corrected chi connectivity index (χ3v) is 3.60. The highest BCUT2D eigenvalue weighted by atomic mass is 16.2. The van der Waals surface area contributed by atoms with Crippen molar-refractivity contribution in [3.05, 3.63) is 0 Å². The minimum absolute atomic E-state index is 0.127. The first-order valence-electron chi connectivity index (χ1n) is 6.39. The fourth-order valence-corrected chi connectivity index (χ4v) is 2.33. The number of hydrogen-bond acceptors (Lipinski definition) is 3. The van der Waals surface area contributed by atoms with E-state index in [1.54, 1.807) is 11.9 Å². The van der Waals surface area contributed by atoms with E-state index in [1.165, 1.54) is 12.8 Å². The van der Waals surface area contributed by atoms with E-state index in [4.69, 9.17) is 5.26 Å². The van der Waals surface area contributed by atoms with Crippen molar-refractivity contribution in [1.82, 2.24) is 9.80 Å². The number of hydrogen-bond donors (Lipinski definition) is 0. The number of likely N-dealkylation sites (N-methyl/N-ethyl adjacent to an activating group) is 1. The van der Waals surface area contributed by atoms with E-state index in [1.807, 2.05) is 0 Å². The van der Waals surface area contributed by atoms with Crippen LogP contribution in [0.1, 0.15) is 33.1 Å². The summed E-state index contributed by atoms with van der Waals surface area (Å²) < 4.78 is 0. The molecule has 0 N–H and O–H groups in total. The van der Waals surface area contributed by atoms with Gasteiger partial charge in [-0.2, -0.15) is 5.26 Å². The Morgan fingerprint density at radius 2 is 2.24 bits per heavy atom. The van der Waals surface area contributed by atoms with E-state index in [0.717, 1.165) is 12.5 Å². The van der Waals surface area contributed by atoms with Gasteiger partial charge in [0.1, 0.15) is 0 Å². The van der Waals surface area contributed by atoms with Gasteiger partial charge in [0.25, 0.3) is 0 Å². The zero-order valence-electron chi connectivity index (χ0n) is 11.1. The Balaban J connectivity index is 2.38. The molecule has 0 saturated carbocycles. The number of carbonyl (C=O) groups is 1. The smallest absolute Gasteiger partial charge is 0.236 e. The molecular weight excluding hydrogens is 214 g/mol. The summed E-state index contributed by atoms with van der Waals surface area (Å²) in [7, 11) is 1.77. The Hall–Kier alpha value is -1.08. The van der Waals surface area contributed by atoms with Crippen LogP contribution in [0.3, 0.4) is 0 Å². The SMILES string of the molecule is CC1CCN(CC(=O)N(C)CCC#N)C(C)C1. The summed E-state index contributed by atoms with van der Waals surface area (Å²) in [5.41, 5.74) is 0. The van der Waals surface area contributed by atoms with Crippen LogP contribution in [0.4, 0.5) is 0 Å². The van der Waals surface area contributed by atoms with Crippen LogP contribution in [-0.2, 0) is 4.79 Å². The van der Waals surface area contributed by atoms with Crippen LogP contribution in [0.2, 0.25) is 0 Å². The van der Waals surface area contributed by atoms with Crippen molar-refractivity contribution >= 4 is 5.91 Å². The molecule has 1 heterocycles. The fourth-order valence-electron chi connectivity index (χ4n) is 2.33. The molecule has 17 heavy (non-hydrogen) atoms. The predicted octanol–water partition coefficient (Wildman–Crippen LogP) is 1.48. The molecule has 4 heteroatoms. The monoisotopic (exact) mass is 237 g/mol. The van der Waals surface area contributed by atoms with Crippen LogP contribution in [0.25, 0.3) is 0 Å². The average Bonchev–Trinajstić information content (AvgIpc) is 2.29. The van der Waals surface area contributed by atoms with Gasteiger partial charge in [-0.1, -0.05) is 6.92 Å². The summed E-state index contributed by atoms with van der Waals surface area (Å²) in [6.07, 6.45) is 2.77. The maximum Gasteiger partial charge on any atom is 0.236 e. The first-order valence-corrected chi connectivity index (χ1v) is 6.39. The molecule has 1 aliphatic heterocycles. The second-order valence-corrected chi connectivity index (χ2v) is 5.17. The lowest BCUT2D eigenvalue weighted by molar-refractivity contribution is -0.132. The van der Waals surface area contributed by atoms with Gasteiger partial charge < -0.3 is 4.90 Å². The Labute approximate surface area is 104 Å². The molecule has 1 amide bonds. The highest BCUT2D eigenvalue weighted by molar-refractivity contribution is 5.78. The molecule has 1 fully saturated rings. The zero-order valence-corrected chi connectivity index (χ0v) is 11.1. The number of piperidine rings is 1. The van der Waals surface area contributed by atoms with Gasteiger partial charge in [-0.15, -0.1) is 0 Å². The van der Waals surface area contributed by atoms with Gasteiger partial charge in [0.05, 0.1) is 19.0 Å². The molecule has 0 radical (unpaired) electrons. The van der Waals surface area contributed by atoms with Crippen molar-refractivity contribution in [2.45, 2.75) is 39.2 Å². The van der Waals surface area contributed by atoms with E-state index in [0.29, 0.717) is 25.6 Å². The summed E-state index contributed by atoms with van der Waals surface area (Å²) >= 11 is 0. The van der Waals surface area contributed by atoms with Crippen LogP contribution in [0, 0.1) is 17.2 Å². The van der Waals surface area contributed by atoms with E-state index in [2.05, 4.69) is 24.8 Å². The molecule has 1 rings (SSSR count). The van der Waals surface area contributed by atoms with Gasteiger partial charge in [-0.05, 0) is 32.2 Å². The highest BCUT2D eigenvalue weighted by Crippen LogP contribution is 2.21. The number of nitrogens with zero attached hydrogens (tertiary/aromatic N) is 3. The standard InChI is InChI=1S/C13H23N3O/c1-11-5-8-16(12(2)9-11)10-13(17)15(3)7-4-6-14/h11-12H,4-5,7-10H2,1-3H3. The van der Waals surface area contributed by atoms with Crippen LogP contribution < -0.4 is 0 Å².